The molecule has 3 heterocycles. The Labute approximate surface area is 129 Å². The zero-order chi connectivity index (χ0) is 15.5. The van der Waals surface area contributed by atoms with Crippen molar-refractivity contribution in [3.05, 3.63) is 18.0 Å². The number of hydrogen-bond acceptors (Lipinski definition) is 5. The summed E-state index contributed by atoms with van der Waals surface area (Å²) in [6.07, 6.45) is 3.77. The maximum atomic E-state index is 12.4. The molecular formula is C15H21N5O2. The summed E-state index contributed by atoms with van der Waals surface area (Å²) in [5.74, 6) is 0.662. The number of carbonyl (C=O) groups excluding carboxylic acids is 2. The Morgan fingerprint density at radius 2 is 1.68 bits per heavy atom. The van der Waals surface area contributed by atoms with Crippen LogP contribution in [0.5, 0.6) is 0 Å². The lowest BCUT2D eigenvalue weighted by molar-refractivity contribution is -0.129. The molecule has 2 aliphatic heterocycles. The highest BCUT2D eigenvalue weighted by atomic mass is 16.2. The highest BCUT2D eigenvalue weighted by molar-refractivity contribution is 5.92. The lowest BCUT2D eigenvalue weighted by Crippen LogP contribution is -2.48. The SMILES string of the molecule is CC(=O)N1CCN(c2nccc(C(=O)N3CCCC3)n2)CC1. The number of aromatic nitrogens is 2. The van der Waals surface area contributed by atoms with Crippen molar-refractivity contribution in [3.63, 3.8) is 0 Å². The van der Waals surface area contributed by atoms with Crippen LogP contribution in [0, 0.1) is 0 Å². The van der Waals surface area contributed by atoms with Crippen molar-refractivity contribution in [2.75, 3.05) is 44.2 Å². The Morgan fingerprint density at radius 3 is 2.32 bits per heavy atom. The molecule has 0 radical (unpaired) electrons. The fraction of sp³-hybridized carbons (Fsp3) is 0.600. The second-order valence-corrected chi connectivity index (χ2v) is 5.73. The summed E-state index contributed by atoms with van der Waals surface area (Å²) in [6.45, 7) is 5.94. The van der Waals surface area contributed by atoms with Gasteiger partial charge in [-0.3, -0.25) is 9.59 Å². The fourth-order valence-corrected chi connectivity index (χ4v) is 2.92. The van der Waals surface area contributed by atoms with Gasteiger partial charge in [0.1, 0.15) is 5.69 Å². The summed E-state index contributed by atoms with van der Waals surface area (Å²) >= 11 is 0. The molecule has 118 valence electrons. The zero-order valence-corrected chi connectivity index (χ0v) is 12.9. The molecule has 2 fully saturated rings. The van der Waals surface area contributed by atoms with Crippen LogP contribution in [0.1, 0.15) is 30.3 Å². The molecule has 0 aromatic carbocycles. The van der Waals surface area contributed by atoms with E-state index < -0.39 is 0 Å². The number of rotatable bonds is 2. The molecule has 7 heteroatoms. The minimum atomic E-state index is -0.0106. The molecular weight excluding hydrogens is 282 g/mol. The molecule has 2 aliphatic rings. The third kappa shape index (κ3) is 3.03. The van der Waals surface area contributed by atoms with Crippen LogP contribution in [-0.4, -0.2) is 70.9 Å². The van der Waals surface area contributed by atoms with E-state index in [0.29, 0.717) is 37.8 Å². The van der Waals surface area contributed by atoms with Crippen LogP contribution < -0.4 is 4.90 Å². The van der Waals surface area contributed by atoms with E-state index in [1.807, 2.05) is 14.7 Å². The molecule has 7 nitrogen and oxygen atoms in total. The Hall–Kier alpha value is -2.18. The Balaban J connectivity index is 1.69. The molecule has 2 amide bonds. The van der Waals surface area contributed by atoms with Crippen molar-refractivity contribution in [2.45, 2.75) is 19.8 Å². The lowest BCUT2D eigenvalue weighted by Gasteiger charge is -2.34. The highest BCUT2D eigenvalue weighted by Gasteiger charge is 2.24. The average molecular weight is 303 g/mol. The van der Waals surface area contributed by atoms with Crippen molar-refractivity contribution < 1.29 is 9.59 Å². The monoisotopic (exact) mass is 303 g/mol. The second-order valence-electron chi connectivity index (χ2n) is 5.73. The van der Waals surface area contributed by atoms with E-state index in [9.17, 15) is 9.59 Å². The molecule has 0 unspecified atom stereocenters. The lowest BCUT2D eigenvalue weighted by atomic mass is 10.3. The zero-order valence-electron chi connectivity index (χ0n) is 12.9. The number of likely N-dealkylation sites (tertiary alicyclic amines) is 1. The van der Waals surface area contributed by atoms with Crippen LogP contribution in [-0.2, 0) is 4.79 Å². The normalized spacial score (nSPS) is 18.7. The van der Waals surface area contributed by atoms with Crippen molar-refractivity contribution in [2.24, 2.45) is 0 Å². The first kappa shape index (κ1) is 14.7. The van der Waals surface area contributed by atoms with Crippen molar-refractivity contribution in [3.8, 4) is 0 Å². The Kier molecular flexibility index (Phi) is 4.22. The number of piperazine rings is 1. The molecule has 0 atom stereocenters. The third-order valence-corrected chi connectivity index (χ3v) is 4.26. The van der Waals surface area contributed by atoms with E-state index >= 15 is 0 Å². The largest absolute Gasteiger partial charge is 0.339 e. The molecule has 22 heavy (non-hydrogen) atoms. The molecule has 1 aromatic heterocycles. The summed E-state index contributed by atoms with van der Waals surface area (Å²) in [7, 11) is 0. The number of nitrogens with zero attached hydrogens (tertiary/aromatic N) is 5. The maximum absolute atomic E-state index is 12.4. The van der Waals surface area contributed by atoms with Gasteiger partial charge in [-0.2, -0.15) is 0 Å². The van der Waals surface area contributed by atoms with Gasteiger partial charge in [0.2, 0.25) is 11.9 Å². The molecule has 2 saturated heterocycles. The average Bonchev–Trinajstić information content (AvgIpc) is 3.09. The number of hydrogen-bond donors (Lipinski definition) is 0. The minimum Gasteiger partial charge on any atom is -0.339 e. The third-order valence-electron chi connectivity index (χ3n) is 4.26. The smallest absolute Gasteiger partial charge is 0.272 e. The predicted molar refractivity (Wildman–Crippen MR) is 81.6 cm³/mol. The summed E-state index contributed by atoms with van der Waals surface area (Å²) < 4.78 is 0. The van der Waals surface area contributed by atoms with E-state index in [1.54, 1.807) is 19.2 Å². The molecule has 0 bridgehead atoms. The molecule has 3 rings (SSSR count). The predicted octanol–water partition coefficient (Wildman–Crippen LogP) is 0.381. The van der Waals surface area contributed by atoms with E-state index in [1.165, 1.54) is 0 Å². The topological polar surface area (TPSA) is 69.6 Å². The van der Waals surface area contributed by atoms with Crippen LogP contribution in [0.25, 0.3) is 0 Å². The Bertz CT molecular complexity index is 563. The van der Waals surface area contributed by atoms with Gasteiger partial charge in [0.25, 0.3) is 5.91 Å². The van der Waals surface area contributed by atoms with E-state index in [0.717, 1.165) is 25.9 Å². The van der Waals surface area contributed by atoms with Crippen molar-refractivity contribution >= 4 is 17.8 Å². The number of amides is 2. The summed E-state index contributed by atoms with van der Waals surface area (Å²) in [5, 5.41) is 0. The van der Waals surface area contributed by atoms with Crippen LogP contribution >= 0.6 is 0 Å². The van der Waals surface area contributed by atoms with Gasteiger partial charge in [-0.1, -0.05) is 0 Å². The standard InChI is InChI=1S/C15H21N5O2/c1-12(21)18-8-10-20(11-9-18)15-16-5-4-13(17-15)14(22)19-6-2-3-7-19/h4-5H,2-3,6-11H2,1H3. The first-order chi connectivity index (χ1) is 10.6. The molecule has 0 saturated carbocycles. The van der Waals surface area contributed by atoms with Crippen LogP contribution in [0.3, 0.4) is 0 Å². The summed E-state index contributed by atoms with van der Waals surface area (Å²) in [6, 6.07) is 1.68. The Morgan fingerprint density at radius 1 is 1.00 bits per heavy atom. The fourth-order valence-electron chi connectivity index (χ4n) is 2.92. The van der Waals surface area contributed by atoms with Crippen LogP contribution in [0.2, 0.25) is 0 Å². The highest BCUT2D eigenvalue weighted by Crippen LogP contribution is 2.15. The van der Waals surface area contributed by atoms with Gasteiger partial charge in [0.15, 0.2) is 0 Å². The first-order valence-corrected chi connectivity index (χ1v) is 7.78. The van der Waals surface area contributed by atoms with E-state index in [2.05, 4.69) is 9.97 Å². The van der Waals surface area contributed by atoms with E-state index in [4.69, 9.17) is 0 Å². The van der Waals surface area contributed by atoms with Crippen LogP contribution in [0.4, 0.5) is 5.95 Å². The quantitative estimate of drug-likeness (QED) is 0.790. The number of carbonyl (C=O) groups is 2. The summed E-state index contributed by atoms with van der Waals surface area (Å²) in [4.78, 5) is 38.1. The van der Waals surface area contributed by atoms with Gasteiger partial charge in [-0.15, -0.1) is 0 Å². The molecule has 1 aromatic rings. The van der Waals surface area contributed by atoms with Crippen molar-refractivity contribution in [1.82, 2.24) is 19.8 Å². The van der Waals surface area contributed by atoms with Gasteiger partial charge in [0, 0.05) is 52.4 Å². The van der Waals surface area contributed by atoms with Crippen molar-refractivity contribution in [1.29, 1.82) is 0 Å². The first-order valence-electron chi connectivity index (χ1n) is 7.78. The van der Waals surface area contributed by atoms with E-state index in [-0.39, 0.29) is 11.8 Å². The van der Waals surface area contributed by atoms with Gasteiger partial charge in [0.05, 0.1) is 0 Å². The van der Waals surface area contributed by atoms with Gasteiger partial charge in [-0.25, -0.2) is 9.97 Å². The number of anilines is 1. The second kappa shape index (κ2) is 6.29. The maximum Gasteiger partial charge on any atom is 0.272 e. The minimum absolute atomic E-state index is 0.0106. The molecule has 0 aliphatic carbocycles. The molecule has 0 spiro atoms. The van der Waals surface area contributed by atoms with Gasteiger partial charge >= 0.3 is 0 Å². The van der Waals surface area contributed by atoms with Gasteiger partial charge in [-0.05, 0) is 18.9 Å². The molecule has 0 N–H and O–H groups in total. The van der Waals surface area contributed by atoms with Gasteiger partial charge < -0.3 is 14.7 Å². The van der Waals surface area contributed by atoms with Crippen LogP contribution in [0.15, 0.2) is 12.3 Å². The summed E-state index contributed by atoms with van der Waals surface area (Å²) in [5.41, 5.74) is 0.459.